The van der Waals surface area contributed by atoms with Crippen molar-refractivity contribution >= 4 is 51.4 Å². The number of benzene rings is 2. The molecule has 10 heteroatoms. The molecule has 0 unspecified atom stereocenters. The number of hydrogen-bond donors (Lipinski definition) is 2. The third-order valence-electron chi connectivity index (χ3n) is 6.75. The Kier molecular flexibility index (Phi) is 6.74. The molecule has 37 heavy (non-hydrogen) atoms. The van der Waals surface area contributed by atoms with E-state index in [0.717, 1.165) is 30.9 Å². The molecule has 3 heterocycles. The third kappa shape index (κ3) is 4.97. The number of anilines is 4. The molecular weight excluding hydrogens is 493 g/mol. The number of nitrogens with one attached hydrogen (secondary N) is 2. The number of aryl methyl sites for hydroxylation is 1. The van der Waals surface area contributed by atoms with Gasteiger partial charge in [-0.05, 0) is 44.8 Å². The Labute approximate surface area is 220 Å². The minimum Gasteiger partial charge on any atom is -0.368 e. The molecule has 4 aromatic rings. The zero-order valence-corrected chi connectivity index (χ0v) is 22.0. The highest BCUT2D eigenvalue weighted by atomic mass is 35.5. The van der Waals surface area contributed by atoms with Crippen molar-refractivity contribution in [2.45, 2.75) is 19.4 Å². The maximum atomic E-state index is 14.4. The summed E-state index contributed by atoms with van der Waals surface area (Å²) >= 11 is 6.48. The molecule has 0 spiro atoms. The van der Waals surface area contributed by atoms with Crippen LogP contribution in [-0.4, -0.2) is 58.6 Å². The first kappa shape index (κ1) is 25.0. The molecule has 192 valence electrons. The molecular formula is C27H29ClFN7O. The van der Waals surface area contributed by atoms with Gasteiger partial charge in [-0.25, -0.2) is 14.4 Å². The molecule has 5 rings (SSSR count). The van der Waals surface area contributed by atoms with Crippen molar-refractivity contribution < 1.29 is 9.18 Å². The second-order valence-electron chi connectivity index (χ2n) is 9.57. The fourth-order valence-corrected chi connectivity index (χ4v) is 5.11. The fourth-order valence-electron chi connectivity index (χ4n) is 4.91. The van der Waals surface area contributed by atoms with E-state index in [0.29, 0.717) is 44.9 Å². The number of carbonyl (C=O) groups excluding carboxylic acids is 1. The van der Waals surface area contributed by atoms with Crippen LogP contribution >= 0.6 is 11.6 Å². The molecule has 0 aliphatic carbocycles. The van der Waals surface area contributed by atoms with Crippen LogP contribution in [0, 0.1) is 5.82 Å². The zero-order valence-electron chi connectivity index (χ0n) is 21.2. The van der Waals surface area contributed by atoms with E-state index in [4.69, 9.17) is 11.6 Å². The lowest BCUT2D eigenvalue weighted by atomic mass is 10.1. The van der Waals surface area contributed by atoms with Gasteiger partial charge in [0.2, 0.25) is 11.9 Å². The summed E-state index contributed by atoms with van der Waals surface area (Å²) in [5.74, 6) is -0.117. The first-order chi connectivity index (χ1) is 17.7. The summed E-state index contributed by atoms with van der Waals surface area (Å²) < 4.78 is 16.2. The Morgan fingerprint density at radius 1 is 1.24 bits per heavy atom. The van der Waals surface area contributed by atoms with Gasteiger partial charge >= 0.3 is 0 Å². The molecule has 1 aliphatic heterocycles. The van der Waals surface area contributed by atoms with Gasteiger partial charge in [-0.3, -0.25) is 4.79 Å². The van der Waals surface area contributed by atoms with Crippen molar-refractivity contribution in [1.29, 1.82) is 0 Å². The highest BCUT2D eigenvalue weighted by Gasteiger charge is 2.26. The predicted molar refractivity (Wildman–Crippen MR) is 147 cm³/mol. The Morgan fingerprint density at radius 2 is 2.05 bits per heavy atom. The number of likely N-dealkylation sites (N-methyl/N-ethyl adjacent to an activating group) is 1. The topological polar surface area (TPSA) is 78.3 Å². The van der Waals surface area contributed by atoms with Gasteiger partial charge in [0, 0.05) is 55.9 Å². The van der Waals surface area contributed by atoms with Crippen LogP contribution in [0.5, 0.6) is 0 Å². The maximum Gasteiger partial charge on any atom is 0.227 e. The SMILES string of the molecule is CC(=O)Nc1cc(Nc2ncc(Cl)c(-c3cn(C)c4c(F)cccc34)n2)ccc1N1CC[C@H](N(C)C)C1. The minimum absolute atomic E-state index is 0.144. The van der Waals surface area contributed by atoms with Crippen LogP contribution in [0.4, 0.5) is 27.4 Å². The normalized spacial score (nSPS) is 15.5. The van der Waals surface area contributed by atoms with Crippen LogP contribution in [0.25, 0.3) is 22.2 Å². The molecule has 0 saturated carbocycles. The summed E-state index contributed by atoms with van der Waals surface area (Å²) in [6.07, 6.45) is 4.40. The number of carbonyl (C=O) groups is 1. The van der Waals surface area contributed by atoms with E-state index < -0.39 is 0 Å². The van der Waals surface area contributed by atoms with E-state index in [2.05, 4.69) is 44.5 Å². The lowest BCUT2D eigenvalue weighted by Gasteiger charge is -2.24. The van der Waals surface area contributed by atoms with Crippen LogP contribution in [0.1, 0.15) is 13.3 Å². The molecule has 1 atom stereocenters. The van der Waals surface area contributed by atoms with Gasteiger partial charge in [-0.15, -0.1) is 0 Å². The molecule has 0 radical (unpaired) electrons. The standard InChI is InChI=1S/C27H29ClFN7O/c1-16(37)31-23-12-17(8-9-24(23)36-11-10-18(14-36)34(2)3)32-27-30-13-21(28)25(33-27)20-15-35(4)26-19(20)6-5-7-22(26)29/h5-9,12-13,15,18H,10-11,14H2,1-4H3,(H,31,37)(H,30,32,33)/t18-/m0/s1. The number of rotatable bonds is 6. The van der Waals surface area contributed by atoms with Crippen LogP contribution in [-0.2, 0) is 11.8 Å². The van der Waals surface area contributed by atoms with E-state index in [1.807, 2.05) is 30.5 Å². The predicted octanol–water partition coefficient (Wildman–Crippen LogP) is 5.27. The first-order valence-corrected chi connectivity index (χ1v) is 12.5. The van der Waals surface area contributed by atoms with Crippen LogP contribution < -0.4 is 15.5 Å². The number of amides is 1. The van der Waals surface area contributed by atoms with E-state index >= 15 is 0 Å². The average Bonchev–Trinajstić information content (AvgIpc) is 3.46. The molecule has 2 aromatic carbocycles. The van der Waals surface area contributed by atoms with Gasteiger partial charge in [0.25, 0.3) is 0 Å². The highest BCUT2D eigenvalue weighted by molar-refractivity contribution is 6.33. The Morgan fingerprint density at radius 3 is 2.78 bits per heavy atom. The second-order valence-corrected chi connectivity index (χ2v) is 9.98. The molecule has 1 saturated heterocycles. The van der Waals surface area contributed by atoms with Gasteiger partial charge in [0.1, 0.15) is 5.82 Å². The molecule has 1 aliphatic rings. The number of fused-ring (bicyclic) bond motifs is 1. The van der Waals surface area contributed by atoms with E-state index in [9.17, 15) is 9.18 Å². The fraction of sp³-hybridized carbons (Fsp3) is 0.296. The van der Waals surface area contributed by atoms with Gasteiger partial charge in [-0.1, -0.05) is 23.7 Å². The molecule has 8 nitrogen and oxygen atoms in total. The van der Waals surface area contributed by atoms with Crippen molar-refractivity contribution in [2.24, 2.45) is 7.05 Å². The Balaban J connectivity index is 1.47. The molecule has 0 bridgehead atoms. The van der Waals surface area contributed by atoms with Crippen molar-refractivity contribution in [1.82, 2.24) is 19.4 Å². The summed E-state index contributed by atoms with van der Waals surface area (Å²) in [5, 5.41) is 7.26. The third-order valence-corrected chi connectivity index (χ3v) is 7.03. The first-order valence-electron chi connectivity index (χ1n) is 12.1. The summed E-state index contributed by atoms with van der Waals surface area (Å²) in [6.45, 7) is 3.30. The van der Waals surface area contributed by atoms with Crippen LogP contribution in [0.2, 0.25) is 5.02 Å². The minimum atomic E-state index is -0.310. The summed E-state index contributed by atoms with van der Waals surface area (Å²) in [7, 11) is 5.96. The zero-order chi connectivity index (χ0) is 26.3. The number of para-hydroxylation sites is 1. The molecule has 1 fully saturated rings. The van der Waals surface area contributed by atoms with Gasteiger partial charge in [-0.2, -0.15) is 0 Å². The van der Waals surface area contributed by atoms with Crippen LogP contribution in [0.15, 0.2) is 48.8 Å². The van der Waals surface area contributed by atoms with E-state index in [1.54, 1.807) is 17.7 Å². The summed E-state index contributed by atoms with van der Waals surface area (Å²) in [4.78, 5) is 25.5. The Bertz CT molecular complexity index is 1490. The number of hydrogen-bond acceptors (Lipinski definition) is 6. The van der Waals surface area contributed by atoms with Crippen molar-refractivity contribution in [3.63, 3.8) is 0 Å². The number of aromatic nitrogens is 3. The lowest BCUT2D eigenvalue weighted by Crippen LogP contribution is -2.31. The summed E-state index contributed by atoms with van der Waals surface area (Å²) in [5.41, 5.74) is 4.10. The maximum absolute atomic E-state index is 14.4. The largest absolute Gasteiger partial charge is 0.368 e. The number of halogens is 2. The average molecular weight is 522 g/mol. The van der Waals surface area contributed by atoms with E-state index in [-0.39, 0.29) is 11.7 Å². The smallest absolute Gasteiger partial charge is 0.227 e. The van der Waals surface area contributed by atoms with Crippen molar-refractivity contribution in [2.75, 3.05) is 42.7 Å². The molecule has 2 aromatic heterocycles. The van der Waals surface area contributed by atoms with Crippen LogP contribution in [0.3, 0.4) is 0 Å². The Hall–Kier alpha value is -3.69. The quantitative estimate of drug-likeness (QED) is 0.360. The van der Waals surface area contributed by atoms with Crippen molar-refractivity contribution in [3.8, 4) is 11.3 Å². The van der Waals surface area contributed by atoms with Gasteiger partial charge < -0.3 is 25.0 Å². The second kappa shape index (κ2) is 9.99. The molecule has 1 amide bonds. The van der Waals surface area contributed by atoms with Gasteiger partial charge in [0.15, 0.2) is 0 Å². The van der Waals surface area contributed by atoms with E-state index in [1.165, 1.54) is 19.2 Å². The van der Waals surface area contributed by atoms with Gasteiger partial charge in [0.05, 0.1) is 33.8 Å². The highest BCUT2D eigenvalue weighted by Crippen LogP contribution is 2.36. The lowest BCUT2D eigenvalue weighted by molar-refractivity contribution is -0.114. The number of nitrogens with zero attached hydrogens (tertiary/aromatic N) is 5. The monoisotopic (exact) mass is 521 g/mol. The van der Waals surface area contributed by atoms with Crippen molar-refractivity contribution in [3.05, 3.63) is 59.6 Å². The molecule has 2 N–H and O–H groups in total. The summed E-state index contributed by atoms with van der Waals surface area (Å²) in [6, 6.07) is 11.2.